The Morgan fingerprint density at radius 2 is 1.63 bits per heavy atom. The van der Waals surface area contributed by atoms with E-state index in [-0.39, 0.29) is 0 Å². The number of hydrogen-bond acceptors (Lipinski definition) is 1. The van der Waals surface area contributed by atoms with Gasteiger partial charge in [-0.05, 0) is 36.7 Å². The van der Waals surface area contributed by atoms with Crippen molar-refractivity contribution in [3.63, 3.8) is 0 Å². The highest BCUT2D eigenvalue weighted by Gasteiger charge is 2.18. The number of hydrogen-bond donors (Lipinski definition) is 1. The van der Waals surface area contributed by atoms with E-state index in [1.54, 1.807) is 0 Å². The topological polar surface area (TPSA) is 12.0 Å². The maximum absolute atomic E-state index is 3.71. The van der Waals surface area contributed by atoms with Crippen LogP contribution in [-0.2, 0) is 0 Å². The van der Waals surface area contributed by atoms with E-state index in [0.717, 1.165) is 0 Å². The molecule has 2 atom stereocenters. The van der Waals surface area contributed by atoms with Gasteiger partial charge < -0.3 is 5.32 Å². The van der Waals surface area contributed by atoms with Crippen LogP contribution in [0.2, 0.25) is 0 Å². The van der Waals surface area contributed by atoms with Gasteiger partial charge in [0.2, 0.25) is 0 Å². The monoisotopic (exact) mass is 317 g/mol. The van der Waals surface area contributed by atoms with Crippen LogP contribution in [0.5, 0.6) is 0 Å². The molecule has 2 aromatic rings. The fourth-order valence-electron chi connectivity index (χ4n) is 2.45. The van der Waals surface area contributed by atoms with Crippen LogP contribution in [-0.4, -0.2) is 7.05 Å². The molecule has 0 bridgehead atoms. The summed E-state index contributed by atoms with van der Waals surface area (Å²) in [4.78, 5) is 0. The SMILES string of the molecule is CNC(C)c1cccc(Br)c1C(C)c1ccccc1. The molecule has 19 heavy (non-hydrogen) atoms. The first-order chi connectivity index (χ1) is 9.15. The second-order valence-corrected chi connectivity index (χ2v) is 5.74. The number of nitrogens with one attached hydrogen (secondary N) is 1. The van der Waals surface area contributed by atoms with E-state index in [4.69, 9.17) is 0 Å². The molecule has 0 amide bonds. The third-order valence-electron chi connectivity index (χ3n) is 3.72. The number of halogens is 1. The van der Waals surface area contributed by atoms with E-state index in [2.05, 4.69) is 83.6 Å². The van der Waals surface area contributed by atoms with Crippen molar-refractivity contribution < 1.29 is 0 Å². The smallest absolute Gasteiger partial charge is 0.0292 e. The molecule has 2 rings (SSSR count). The minimum atomic E-state index is 0.346. The standard InChI is InChI=1S/C17H20BrN/c1-12(14-8-5-4-6-9-14)17-15(13(2)19-3)10-7-11-16(17)18/h4-13,19H,1-3H3. The van der Waals surface area contributed by atoms with Crippen LogP contribution in [0.25, 0.3) is 0 Å². The Hall–Kier alpha value is -1.12. The maximum Gasteiger partial charge on any atom is 0.0292 e. The van der Waals surface area contributed by atoms with Gasteiger partial charge >= 0.3 is 0 Å². The van der Waals surface area contributed by atoms with Crippen LogP contribution < -0.4 is 5.32 Å². The molecule has 0 heterocycles. The zero-order chi connectivity index (χ0) is 13.8. The van der Waals surface area contributed by atoms with E-state index in [1.165, 1.54) is 21.2 Å². The molecule has 0 saturated heterocycles. The van der Waals surface area contributed by atoms with Crippen LogP contribution in [0.3, 0.4) is 0 Å². The summed E-state index contributed by atoms with van der Waals surface area (Å²) >= 11 is 3.71. The van der Waals surface area contributed by atoms with Gasteiger partial charge in [0.25, 0.3) is 0 Å². The van der Waals surface area contributed by atoms with Crippen LogP contribution in [0.15, 0.2) is 53.0 Å². The zero-order valence-electron chi connectivity index (χ0n) is 11.7. The van der Waals surface area contributed by atoms with Crippen LogP contribution in [0.1, 0.15) is 42.5 Å². The predicted octanol–water partition coefficient (Wildman–Crippen LogP) is 4.88. The lowest BCUT2D eigenvalue weighted by Gasteiger charge is -2.22. The van der Waals surface area contributed by atoms with Crippen molar-refractivity contribution in [1.29, 1.82) is 0 Å². The Morgan fingerprint density at radius 3 is 2.26 bits per heavy atom. The average Bonchev–Trinajstić information content (AvgIpc) is 2.46. The molecule has 0 aliphatic rings. The molecule has 1 N–H and O–H groups in total. The van der Waals surface area contributed by atoms with E-state index in [0.29, 0.717) is 12.0 Å². The van der Waals surface area contributed by atoms with Gasteiger partial charge in [0, 0.05) is 16.4 Å². The molecule has 100 valence electrons. The van der Waals surface area contributed by atoms with Gasteiger partial charge in [-0.15, -0.1) is 0 Å². The molecular formula is C17H20BrN. The van der Waals surface area contributed by atoms with Crippen LogP contribution in [0.4, 0.5) is 0 Å². The van der Waals surface area contributed by atoms with Crippen LogP contribution in [0, 0.1) is 0 Å². The van der Waals surface area contributed by atoms with Crippen molar-refractivity contribution >= 4 is 15.9 Å². The Balaban J connectivity index is 2.49. The lowest BCUT2D eigenvalue weighted by atomic mass is 9.87. The van der Waals surface area contributed by atoms with Crippen molar-refractivity contribution in [2.45, 2.75) is 25.8 Å². The highest BCUT2D eigenvalue weighted by atomic mass is 79.9. The third-order valence-corrected chi connectivity index (χ3v) is 4.41. The van der Waals surface area contributed by atoms with Gasteiger partial charge in [-0.1, -0.05) is 65.3 Å². The van der Waals surface area contributed by atoms with Gasteiger partial charge in [-0.3, -0.25) is 0 Å². The first-order valence-corrected chi connectivity index (χ1v) is 7.45. The van der Waals surface area contributed by atoms with Crippen molar-refractivity contribution in [3.8, 4) is 0 Å². The lowest BCUT2D eigenvalue weighted by molar-refractivity contribution is 0.640. The van der Waals surface area contributed by atoms with Crippen molar-refractivity contribution in [3.05, 3.63) is 69.7 Å². The molecule has 0 spiro atoms. The predicted molar refractivity (Wildman–Crippen MR) is 85.6 cm³/mol. The van der Waals surface area contributed by atoms with Crippen molar-refractivity contribution in [2.24, 2.45) is 0 Å². The van der Waals surface area contributed by atoms with Gasteiger partial charge in [0.1, 0.15) is 0 Å². The van der Waals surface area contributed by atoms with Gasteiger partial charge in [0.15, 0.2) is 0 Å². The Labute approximate surface area is 124 Å². The molecular weight excluding hydrogens is 298 g/mol. The minimum absolute atomic E-state index is 0.346. The summed E-state index contributed by atoms with van der Waals surface area (Å²) < 4.78 is 1.18. The van der Waals surface area contributed by atoms with Gasteiger partial charge in [-0.25, -0.2) is 0 Å². The molecule has 0 fully saturated rings. The van der Waals surface area contributed by atoms with E-state index in [1.807, 2.05) is 7.05 Å². The molecule has 0 radical (unpaired) electrons. The summed E-state index contributed by atoms with van der Waals surface area (Å²) in [6.45, 7) is 4.46. The fourth-order valence-corrected chi connectivity index (χ4v) is 3.18. The van der Waals surface area contributed by atoms with Gasteiger partial charge in [0.05, 0.1) is 0 Å². The van der Waals surface area contributed by atoms with Gasteiger partial charge in [-0.2, -0.15) is 0 Å². The van der Waals surface area contributed by atoms with E-state index < -0.39 is 0 Å². The molecule has 0 aromatic heterocycles. The molecule has 0 aliphatic carbocycles. The Kier molecular flexibility index (Phi) is 4.78. The minimum Gasteiger partial charge on any atom is -0.313 e. The summed E-state index contributed by atoms with van der Waals surface area (Å²) in [7, 11) is 2.00. The maximum atomic E-state index is 3.71. The van der Waals surface area contributed by atoms with E-state index >= 15 is 0 Å². The highest BCUT2D eigenvalue weighted by molar-refractivity contribution is 9.10. The molecule has 2 unspecified atom stereocenters. The molecule has 1 nitrogen and oxygen atoms in total. The number of benzene rings is 2. The molecule has 0 aliphatic heterocycles. The second kappa shape index (κ2) is 6.36. The summed E-state index contributed by atoms with van der Waals surface area (Å²) in [5.74, 6) is 0.377. The summed E-state index contributed by atoms with van der Waals surface area (Å²) in [6, 6.07) is 17.4. The van der Waals surface area contributed by atoms with Crippen molar-refractivity contribution in [1.82, 2.24) is 5.32 Å². The van der Waals surface area contributed by atoms with Crippen LogP contribution >= 0.6 is 15.9 Å². The Bertz CT molecular complexity index is 536. The van der Waals surface area contributed by atoms with Crippen molar-refractivity contribution in [2.75, 3.05) is 7.05 Å². The highest BCUT2D eigenvalue weighted by Crippen LogP contribution is 2.35. The normalized spacial score (nSPS) is 14.1. The second-order valence-electron chi connectivity index (χ2n) is 4.89. The lowest BCUT2D eigenvalue weighted by Crippen LogP contribution is -2.15. The molecule has 2 aromatic carbocycles. The quantitative estimate of drug-likeness (QED) is 0.847. The number of rotatable bonds is 4. The first-order valence-electron chi connectivity index (χ1n) is 6.65. The zero-order valence-corrected chi connectivity index (χ0v) is 13.2. The first kappa shape index (κ1) is 14.3. The molecule has 2 heteroatoms. The van der Waals surface area contributed by atoms with E-state index in [9.17, 15) is 0 Å². The summed E-state index contributed by atoms with van der Waals surface area (Å²) in [5.41, 5.74) is 4.07. The average molecular weight is 318 g/mol. The summed E-state index contributed by atoms with van der Waals surface area (Å²) in [6.07, 6.45) is 0. The largest absolute Gasteiger partial charge is 0.313 e. The Morgan fingerprint density at radius 1 is 0.947 bits per heavy atom. The molecule has 0 saturated carbocycles. The third kappa shape index (κ3) is 3.07. The fraction of sp³-hybridized carbons (Fsp3) is 0.294. The summed E-state index contributed by atoms with van der Waals surface area (Å²) in [5, 5.41) is 3.33.